The van der Waals surface area contributed by atoms with Crippen molar-refractivity contribution in [3.63, 3.8) is 0 Å². The molecule has 1 aromatic heterocycles. The number of fused-ring (bicyclic) bond motifs is 2. The summed E-state index contributed by atoms with van der Waals surface area (Å²) in [6.45, 7) is 0. The lowest BCUT2D eigenvalue weighted by Gasteiger charge is -2.02. The van der Waals surface area contributed by atoms with E-state index in [1.807, 2.05) is 48.7 Å². The van der Waals surface area contributed by atoms with E-state index in [-0.39, 0.29) is 0 Å². The number of hydrogen-bond acceptors (Lipinski definition) is 1. The molecule has 0 amide bonds. The van der Waals surface area contributed by atoms with Gasteiger partial charge >= 0.3 is 0 Å². The molecular formula is C18H11ClO. The molecule has 0 unspecified atom stereocenters. The fourth-order valence-corrected chi connectivity index (χ4v) is 2.84. The molecule has 96 valence electrons. The average Bonchev–Trinajstić information content (AvgIpc) is 2.90. The van der Waals surface area contributed by atoms with Crippen molar-refractivity contribution in [3.05, 3.63) is 71.9 Å². The molecule has 0 aliphatic rings. The summed E-state index contributed by atoms with van der Waals surface area (Å²) in [4.78, 5) is 0. The van der Waals surface area contributed by atoms with E-state index in [1.54, 1.807) is 0 Å². The Labute approximate surface area is 121 Å². The summed E-state index contributed by atoms with van der Waals surface area (Å²) in [7, 11) is 0. The maximum atomic E-state index is 6.29. The van der Waals surface area contributed by atoms with Gasteiger partial charge in [0.1, 0.15) is 5.58 Å². The van der Waals surface area contributed by atoms with Crippen molar-refractivity contribution in [2.75, 3.05) is 0 Å². The normalized spacial score (nSPS) is 11.2. The van der Waals surface area contributed by atoms with Gasteiger partial charge in [-0.05, 0) is 29.1 Å². The van der Waals surface area contributed by atoms with Gasteiger partial charge in [0.05, 0.1) is 6.26 Å². The smallest absolute Gasteiger partial charge is 0.135 e. The van der Waals surface area contributed by atoms with E-state index >= 15 is 0 Å². The lowest BCUT2D eigenvalue weighted by Crippen LogP contribution is -1.77. The lowest BCUT2D eigenvalue weighted by molar-refractivity contribution is 0.617. The van der Waals surface area contributed by atoms with Gasteiger partial charge in [0, 0.05) is 21.4 Å². The molecule has 3 aromatic carbocycles. The van der Waals surface area contributed by atoms with Gasteiger partial charge in [-0.25, -0.2) is 0 Å². The van der Waals surface area contributed by atoms with Crippen molar-refractivity contribution in [2.45, 2.75) is 0 Å². The molecule has 2 heteroatoms. The molecule has 0 bridgehead atoms. The van der Waals surface area contributed by atoms with Crippen molar-refractivity contribution in [1.29, 1.82) is 0 Å². The Kier molecular flexibility index (Phi) is 2.54. The van der Waals surface area contributed by atoms with E-state index < -0.39 is 0 Å². The molecule has 0 radical (unpaired) electrons. The summed E-state index contributed by atoms with van der Waals surface area (Å²) in [5.74, 6) is 0. The molecule has 0 saturated carbocycles. The molecule has 0 spiro atoms. The Morgan fingerprint density at radius 3 is 2.50 bits per heavy atom. The van der Waals surface area contributed by atoms with Gasteiger partial charge in [-0.1, -0.05) is 54.1 Å². The molecular weight excluding hydrogens is 268 g/mol. The molecule has 1 heterocycles. The third kappa shape index (κ3) is 1.71. The summed E-state index contributed by atoms with van der Waals surface area (Å²) in [5.41, 5.74) is 3.14. The highest BCUT2D eigenvalue weighted by Gasteiger charge is 2.10. The largest absolute Gasteiger partial charge is 0.464 e. The quantitative estimate of drug-likeness (QED) is 0.422. The van der Waals surface area contributed by atoms with Gasteiger partial charge in [0.25, 0.3) is 0 Å². The number of furan rings is 1. The van der Waals surface area contributed by atoms with Gasteiger partial charge in [0.2, 0.25) is 0 Å². The topological polar surface area (TPSA) is 13.1 Å². The maximum absolute atomic E-state index is 6.29. The Hall–Kier alpha value is -2.25. The van der Waals surface area contributed by atoms with Gasteiger partial charge in [-0.3, -0.25) is 0 Å². The molecule has 0 N–H and O–H groups in total. The van der Waals surface area contributed by atoms with Crippen LogP contribution in [0.1, 0.15) is 0 Å². The Balaban J connectivity index is 2.07. The molecule has 1 nitrogen and oxygen atoms in total. The minimum Gasteiger partial charge on any atom is -0.464 e. The van der Waals surface area contributed by atoms with Gasteiger partial charge < -0.3 is 4.42 Å². The van der Waals surface area contributed by atoms with Crippen LogP contribution in [0.2, 0.25) is 5.02 Å². The van der Waals surface area contributed by atoms with Crippen molar-refractivity contribution in [1.82, 2.24) is 0 Å². The molecule has 20 heavy (non-hydrogen) atoms. The first-order chi connectivity index (χ1) is 9.83. The van der Waals surface area contributed by atoms with Gasteiger partial charge in [-0.2, -0.15) is 0 Å². The van der Waals surface area contributed by atoms with Crippen LogP contribution in [0.4, 0.5) is 0 Å². The SMILES string of the molecule is Clc1cccc2cc3occ(-c4ccccc4)c3cc12. The van der Waals surface area contributed by atoms with Crippen molar-refractivity contribution in [2.24, 2.45) is 0 Å². The third-order valence-corrected chi connectivity index (χ3v) is 3.94. The molecule has 0 aliphatic carbocycles. The van der Waals surface area contributed by atoms with Crippen molar-refractivity contribution < 1.29 is 4.42 Å². The fourth-order valence-electron chi connectivity index (χ4n) is 2.60. The highest BCUT2D eigenvalue weighted by atomic mass is 35.5. The molecule has 4 rings (SSSR count). The van der Waals surface area contributed by atoms with Crippen LogP contribution in [-0.4, -0.2) is 0 Å². The van der Waals surface area contributed by atoms with Crippen molar-refractivity contribution in [3.8, 4) is 11.1 Å². The van der Waals surface area contributed by atoms with Crippen LogP contribution in [0.15, 0.2) is 71.3 Å². The van der Waals surface area contributed by atoms with E-state index in [4.69, 9.17) is 16.0 Å². The Morgan fingerprint density at radius 1 is 0.800 bits per heavy atom. The van der Waals surface area contributed by atoms with Crippen LogP contribution in [0, 0.1) is 0 Å². The number of halogens is 1. The van der Waals surface area contributed by atoms with Crippen LogP contribution in [0.3, 0.4) is 0 Å². The highest BCUT2D eigenvalue weighted by Crippen LogP contribution is 2.35. The minimum absolute atomic E-state index is 0.768. The van der Waals surface area contributed by atoms with E-state index in [1.165, 1.54) is 0 Å². The van der Waals surface area contributed by atoms with Crippen LogP contribution < -0.4 is 0 Å². The zero-order valence-electron chi connectivity index (χ0n) is 10.6. The van der Waals surface area contributed by atoms with E-state index in [0.717, 1.165) is 37.9 Å². The minimum atomic E-state index is 0.768. The third-order valence-electron chi connectivity index (χ3n) is 3.61. The zero-order valence-corrected chi connectivity index (χ0v) is 11.4. The molecule has 0 atom stereocenters. The fraction of sp³-hybridized carbons (Fsp3) is 0. The maximum Gasteiger partial charge on any atom is 0.135 e. The lowest BCUT2D eigenvalue weighted by atomic mass is 10.0. The van der Waals surface area contributed by atoms with Crippen LogP contribution in [0.25, 0.3) is 32.9 Å². The Morgan fingerprint density at radius 2 is 1.65 bits per heavy atom. The number of rotatable bonds is 1. The number of hydrogen-bond donors (Lipinski definition) is 0. The predicted molar refractivity (Wildman–Crippen MR) is 84.2 cm³/mol. The summed E-state index contributed by atoms with van der Waals surface area (Å²) >= 11 is 6.29. The summed E-state index contributed by atoms with van der Waals surface area (Å²) in [5, 5.41) is 4.01. The van der Waals surface area contributed by atoms with Crippen molar-refractivity contribution >= 4 is 33.3 Å². The predicted octanol–water partition coefficient (Wildman–Crippen LogP) is 5.91. The molecule has 0 saturated heterocycles. The van der Waals surface area contributed by atoms with E-state index in [2.05, 4.69) is 18.2 Å². The zero-order chi connectivity index (χ0) is 13.5. The highest BCUT2D eigenvalue weighted by molar-refractivity contribution is 6.36. The monoisotopic (exact) mass is 278 g/mol. The van der Waals surface area contributed by atoms with Gasteiger partial charge in [0.15, 0.2) is 0 Å². The second kappa shape index (κ2) is 4.39. The van der Waals surface area contributed by atoms with Crippen LogP contribution in [-0.2, 0) is 0 Å². The van der Waals surface area contributed by atoms with Crippen LogP contribution >= 0.6 is 11.6 Å². The molecule has 4 aromatic rings. The summed E-state index contributed by atoms with van der Waals surface area (Å²) in [6, 6.07) is 20.3. The second-order valence-electron chi connectivity index (χ2n) is 4.82. The second-order valence-corrected chi connectivity index (χ2v) is 5.23. The molecule has 0 aliphatic heterocycles. The van der Waals surface area contributed by atoms with Crippen LogP contribution in [0.5, 0.6) is 0 Å². The standard InChI is InChI=1S/C18H11ClO/c19-17-8-4-7-13-9-18-15(10-14(13)17)16(11-20-18)12-5-2-1-3-6-12/h1-11H. The Bertz CT molecular complexity index is 907. The first-order valence-corrected chi connectivity index (χ1v) is 6.85. The summed E-state index contributed by atoms with van der Waals surface area (Å²) in [6.07, 6.45) is 1.81. The van der Waals surface area contributed by atoms with E-state index in [9.17, 15) is 0 Å². The first-order valence-electron chi connectivity index (χ1n) is 6.48. The van der Waals surface area contributed by atoms with Gasteiger partial charge in [-0.15, -0.1) is 0 Å². The number of benzene rings is 3. The average molecular weight is 279 g/mol. The van der Waals surface area contributed by atoms with E-state index in [0.29, 0.717) is 0 Å². The summed E-state index contributed by atoms with van der Waals surface area (Å²) < 4.78 is 5.71. The molecule has 0 fully saturated rings. The first kappa shape index (κ1) is 11.6.